The van der Waals surface area contributed by atoms with Crippen molar-refractivity contribution in [3.8, 4) is 0 Å². The van der Waals surface area contributed by atoms with Gasteiger partial charge < -0.3 is 14.9 Å². The van der Waals surface area contributed by atoms with Crippen molar-refractivity contribution >= 4 is 12.0 Å². The Hall–Kier alpha value is -1.26. The van der Waals surface area contributed by atoms with Crippen molar-refractivity contribution < 1.29 is 14.7 Å². The second kappa shape index (κ2) is 7.14. The van der Waals surface area contributed by atoms with Gasteiger partial charge in [0, 0.05) is 19.6 Å². The van der Waals surface area contributed by atoms with Gasteiger partial charge in [-0.3, -0.25) is 4.79 Å². The van der Waals surface area contributed by atoms with Crippen LogP contribution in [-0.4, -0.2) is 53.1 Å². The third-order valence-corrected chi connectivity index (χ3v) is 4.34. The zero-order valence-electron chi connectivity index (χ0n) is 14.1. The van der Waals surface area contributed by atoms with Crippen molar-refractivity contribution in [1.82, 2.24) is 9.80 Å². The van der Waals surface area contributed by atoms with Gasteiger partial charge in [-0.05, 0) is 37.0 Å². The number of carbonyl (C=O) groups excluding carboxylic acids is 1. The molecule has 0 aromatic heterocycles. The van der Waals surface area contributed by atoms with E-state index in [0.29, 0.717) is 12.0 Å². The van der Waals surface area contributed by atoms with Crippen molar-refractivity contribution in [2.24, 2.45) is 11.3 Å². The van der Waals surface area contributed by atoms with Gasteiger partial charge in [-0.15, -0.1) is 0 Å². The minimum absolute atomic E-state index is 0.157. The quantitative estimate of drug-likeness (QED) is 0.848. The van der Waals surface area contributed by atoms with Crippen LogP contribution in [0.5, 0.6) is 0 Å². The van der Waals surface area contributed by atoms with Crippen LogP contribution in [0.3, 0.4) is 0 Å². The summed E-state index contributed by atoms with van der Waals surface area (Å²) in [6.45, 7) is 8.77. The second-order valence-electron chi connectivity index (χ2n) is 7.46. The van der Waals surface area contributed by atoms with Crippen LogP contribution in [0.15, 0.2) is 0 Å². The van der Waals surface area contributed by atoms with Crippen molar-refractivity contribution in [2.45, 2.75) is 59.4 Å². The zero-order chi connectivity index (χ0) is 16.2. The van der Waals surface area contributed by atoms with Crippen molar-refractivity contribution in [3.05, 3.63) is 0 Å². The summed E-state index contributed by atoms with van der Waals surface area (Å²) < 4.78 is 0. The SMILES string of the molecule is CC(C)CN(CC(=O)O)C(=O)N(C)C1CCC(C)(C)CC1. The van der Waals surface area contributed by atoms with Crippen LogP contribution in [0.2, 0.25) is 0 Å². The van der Waals surface area contributed by atoms with Gasteiger partial charge in [0.2, 0.25) is 0 Å². The Morgan fingerprint density at radius 1 is 1.24 bits per heavy atom. The minimum atomic E-state index is -0.956. The number of carbonyl (C=O) groups is 2. The normalized spacial score (nSPS) is 18.6. The molecule has 0 aromatic rings. The van der Waals surface area contributed by atoms with Crippen molar-refractivity contribution in [2.75, 3.05) is 20.1 Å². The van der Waals surface area contributed by atoms with Gasteiger partial charge in [-0.25, -0.2) is 4.79 Å². The average Bonchev–Trinajstić information content (AvgIpc) is 2.35. The van der Waals surface area contributed by atoms with Gasteiger partial charge in [0.1, 0.15) is 6.54 Å². The topological polar surface area (TPSA) is 60.9 Å². The van der Waals surface area contributed by atoms with E-state index >= 15 is 0 Å². The molecule has 21 heavy (non-hydrogen) atoms. The molecule has 2 amide bonds. The molecule has 122 valence electrons. The molecular weight excluding hydrogens is 268 g/mol. The summed E-state index contributed by atoms with van der Waals surface area (Å²) in [6, 6.07) is 0.0739. The van der Waals surface area contributed by atoms with Crippen LogP contribution in [0.4, 0.5) is 4.79 Å². The molecule has 0 aromatic carbocycles. The third kappa shape index (κ3) is 5.56. The monoisotopic (exact) mass is 298 g/mol. The van der Waals surface area contributed by atoms with Crippen LogP contribution >= 0.6 is 0 Å². The molecule has 1 aliphatic carbocycles. The summed E-state index contributed by atoms with van der Waals surface area (Å²) in [5.74, 6) is -0.700. The van der Waals surface area contributed by atoms with E-state index in [2.05, 4.69) is 13.8 Å². The number of nitrogens with zero attached hydrogens (tertiary/aromatic N) is 2. The molecule has 0 aliphatic heterocycles. The van der Waals surface area contributed by atoms with E-state index < -0.39 is 5.97 Å². The Balaban J connectivity index is 2.67. The fraction of sp³-hybridized carbons (Fsp3) is 0.875. The number of hydrogen-bond donors (Lipinski definition) is 1. The van der Waals surface area contributed by atoms with Crippen LogP contribution in [-0.2, 0) is 4.79 Å². The minimum Gasteiger partial charge on any atom is -0.480 e. The van der Waals surface area contributed by atoms with Crippen LogP contribution < -0.4 is 0 Å². The number of rotatable bonds is 5. The first-order valence-electron chi connectivity index (χ1n) is 7.86. The number of carboxylic acids is 1. The van der Waals surface area contributed by atoms with E-state index in [1.54, 1.807) is 11.9 Å². The first-order chi connectivity index (χ1) is 9.62. The lowest BCUT2D eigenvalue weighted by Gasteiger charge is -2.40. The maximum atomic E-state index is 12.6. The molecule has 0 radical (unpaired) electrons. The molecule has 0 bridgehead atoms. The highest BCUT2D eigenvalue weighted by Gasteiger charge is 2.32. The largest absolute Gasteiger partial charge is 0.480 e. The first-order valence-corrected chi connectivity index (χ1v) is 7.86. The van der Waals surface area contributed by atoms with Crippen LogP contribution in [0.1, 0.15) is 53.4 Å². The summed E-state index contributed by atoms with van der Waals surface area (Å²) in [6.07, 6.45) is 4.21. The zero-order valence-corrected chi connectivity index (χ0v) is 14.1. The highest BCUT2D eigenvalue weighted by atomic mass is 16.4. The standard InChI is InChI=1S/C16H30N2O3/c1-12(2)10-18(11-14(19)20)15(21)17(5)13-6-8-16(3,4)9-7-13/h12-13H,6-11H2,1-5H3,(H,19,20). The van der Waals surface area contributed by atoms with E-state index in [-0.39, 0.29) is 24.5 Å². The predicted octanol–water partition coefficient (Wildman–Crippen LogP) is 3.05. The van der Waals surface area contributed by atoms with E-state index in [0.717, 1.165) is 25.7 Å². The fourth-order valence-corrected chi connectivity index (χ4v) is 2.96. The lowest BCUT2D eigenvalue weighted by atomic mass is 9.75. The predicted molar refractivity (Wildman–Crippen MR) is 83.2 cm³/mol. The second-order valence-corrected chi connectivity index (χ2v) is 7.46. The average molecular weight is 298 g/mol. The molecule has 1 aliphatic rings. The number of carboxylic acid groups (broad SMARTS) is 1. The molecule has 0 unspecified atom stereocenters. The molecule has 1 saturated carbocycles. The third-order valence-electron chi connectivity index (χ3n) is 4.34. The fourth-order valence-electron chi connectivity index (χ4n) is 2.96. The molecular formula is C16H30N2O3. The summed E-state index contributed by atoms with van der Waals surface area (Å²) in [5, 5.41) is 8.99. The van der Waals surface area contributed by atoms with Crippen molar-refractivity contribution in [3.63, 3.8) is 0 Å². The van der Waals surface area contributed by atoms with Crippen LogP contribution in [0, 0.1) is 11.3 Å². The molecule has 5 nitrogen and oxygen atoms in total. The molecule has 0 atom stereocenters. The number of aliphatic carboxylic acids is 1. The van der Waals surface area contributed by atoms with Gasteiger partial charge in [0.25, 0.3) is 0 Å². The number of amides is 2. The van der Waals surface area contributed by atoms with Gasteiger partial charge in [0.05, 0.1) is 0 Å². The summed E-state index contributed by atoms with van der Waals surface area (Å²) in [7, 11) is 1.81. The lowest BCUT2D eigenvalue weighted by Crippen LogP contribution is -2.50. The van der Waals surface area contributed by atoms with E-state index in [9.17, 15) is 9.59 Å². The Bertz CT molecular complexity index is 370. The molecule has 0 spiro atoms. The maximum absolute atomic E-state index is 12.6. The Labute approximate surface area is 128 Å². The summed E-state index contributed by atoms with van der Waals surface area (Å²) in [5.41, 5.74) is 0.360. The summed E-state index contributed by atoms with van der Waals surface area (Å²) >= 11 is 0. The Kier molecular flexibility index (Phi) is 6.05. The smallest absolute Gasteiger partial charge is 0.323 e. The van der Waals surface area contributed by atoms with Crippen molar-refractivity contribution in [1.29, 1.82) is 0 Å². The Morgan fingerprint density at radius 2 is 1.76 bits per heavy atom. The number of urea groups is 1. The lowest BCUT2D eigenvalue weighted by molar-refractivity contribution is -0.137. The van der Waals surface area contributed by atoms with Crippen LogP contribution in [0.25, 0.3) is 0 Å². The van der Waals surface area contributed by atoms with Gasteiger partial charge >= 0.3 is 12.0 Å². The van der Waals surface area contributed by atoms with Gasteiger partial charge in [0.15, 0.2) is 0 Å². The van der Waals surface area contributed by atoms with Gasteiger partial charge in [-0.2, -0.15) is 0 Å². The van der Waals surface area contributed by atoms with E-state index in [1.807, 2.05) is 13.8 Å². The van der Waals surface area contributed by atoms with Gasteiger partial charge in [-0.1, -0.05) is 27.7 Å². The van der Waals surface area contributed by atoms with E-state index in [4.69, 9.17) is 5.11 Å². The first kappa shape index (κ1) is 17.8. The molecule has 5 heteroatoms. The highest BCUT2D eigenvalue weighted by molar-refractivity contribution is 5.80. The molecule has 1 fully saturated rings. The molecule has 0 saturated heterocycles. The highest BCUT2D eigenvalue weighted by Crippen LogP contribution is 2.36. The Morgan fingerprint density at radius 3 is 2.19 bits per heavy atom. The van der Waals surface area contributed by atoms with E-state index in [1.165, 1.54) is 4.90 Å². The molecule has 1 rings (SSSR count). The number of hydrogen-bond acceptors (Lipinski definition) is 2. The summed E-state index contributed by atoms with van der Waals surface area (Å²) in [4.78, 5) is 26.7. The molecule has 0 heterocycles. The maximum Gasteiger partial charge on any atom is 0.323 e. The molecule has 1 N–H and O–H groups in total.